The Morgan fingerprint density at radius 2 is 1.20 bits per heavy atom. The van der Waals surface area contributed by atoms with Gasteiger partial charge in [0.15, 0.2) is 0 Å². The van der Waals surface area contributed by atoms with Crippen LogP contribution in [0.3, 0.4) is 0 Å². The predicted molar refractivity (Wildman–Crippen MR) is 130 cm³/mol. The molecular formula is C23H43N5O7. The Labute approximate surface area is 206 Å². The van der Waals surface area contributed by atoms with Crippen LogP contribution in [-0.4, -0.2) is 70.6 Å². The molecule has 0 spiro atoms. The third kappa shape index (κ3) is 14.3. The molecule has 202 valence electrons. The first kappa shape index (κ1) is 32.3. The van der Waals surface area contributed by atoms with Gasteiger partial charge in [-0.25, -0.2) is 4.79 Å². The number of hydrogen-bond donors (Lipinski definition) is 7. The fourth-order valence-corrected chi connectivity index (χ4v) is 3.40. The van der Waals surface area contributed by atoms with E-state index in [-0.39, 0.29) is 31.1 Å². The lowest BCUT2D eigenvalue weighted by Crippen LogP contribution is -2.57. The van der Waals surface area contributed by atoms with Crippen LogP contribution in [0.5, 0.6) is 0 Å². The standard InChI is InChI=1S/C23H43N5O7/c1-13(2)11-17(27-20(31)15(25)7-5-6-10-24)22(33)26-16(8-9-19(29)30)21(32)28-18(23(34)35)12-14(3)4/h13-18H,5-12,24-25H2,1-4H3,(H,26,33)(H,27,31)(H,28,32)(H,29,30)(H,34,35). The van der Waals surface area contributed by atoms with E-state index in [1.54, 1.807) is 13.8 Å². The van der Waals surface area contributed by atoms with Crippen LogP contribution in [0.25, 0.3) is 0 Å². The van der Waals surface area contributed by atoms with Crippen LogP contribution >= 0.6 is 0 Å². The second-order valence-corrected chi connectivity index (χ2v) is 9.60. The maximum atomic E-state index is 13.0. The molecule has 12 nitrogen and oxygen atoms in total. The highest BCUT2D eigenvalue weighted by atomic mass is 16.4. The van der Waals surface area contributed by atoms with Crippen molar-refractivity contribution in [3.05, 3.63) is 0 Å². The Kier molecular flexibility index (Phi) is 15.5. The normalized spacial score (nSPS) is 14.6. The molecule has 0 aliphatic rings. The minimum absolute atomic E-state index is 0.00763. The largest absolute Gasteiger partial charge is 0.481 e. The number of carbonyl (C=O) groups excluding carboxylic acids is 3. The smallest absolute Gasteiger partial charge is 0.326 e. The Morgan fingerprint density at radius 3 is 1.69 bits per heavy atom. The van der Waals surface area contributed by atoms with Crippen LogP contribution < -0.4 is 27.4 Å². The molecule has 0 rings (SSSR count). The summed E-state index contributed by atoms with van der Waals surface area (Å²) in [5.74, 6) is -4.43. The number of amides is 3. The number of unbranched alkanes of at least 4 members (excludes halogenated alkanes) is 1. The van der Waals surface area contributed by atoms with Gasteiger partial charge < -0.3 is 37.6 Å². The molecule has 0 saturated heterocycles. The quantitative estimate of drug-likeness (QED) is 0.125. The van der Waals surface area contributed by atoms with E-state index in [1.807, 2.05) is 13.8 Å². The summed E-state index contributed by atoms with van der Waals surface area (Å²) in [7, 11) is 0. The van der Waals surface area contributed by atoms with Gasteiger partial charge in [0.05, 0.1) is 6.04 Å². The van der Waals surface area contributed by atoms with Crippen LogP contribution in [-0.2, 0) is 24.0 Å². The summed E-state index contributed by atoms with van der Waals surface area (Å²) >= 11 is 0. The van der Waals surface area contributed by atoms with Crippen molar-refractivity contribution in [3.63, 3.8) is 0 Å². The summed E-state index contributed by atoms with van der Waals surface area (Å²) < 4.78 is 0. The molecule has 12 heteroatoms. The average molecular weight is 502 g/mol. The van der Waals surface area contributed by atoms with E-state index in [2.05, 4.69) is 16.0 Å². The molecule has 0 saturated carbocycles. The lowest BCUT2D eigenvalue weighted by molar-refractivity contribution is -0.143. The predicted octanol–water partition coefficient (Wildman–Crippen LogP) is -0.0613. The number of nitrogens with two attached hydrogens (primary N) is 2. The number of hydrogen-bond acceptors (Lipinski definition) is 7. The van der Waals surface area contributed by atoms with E-state index >= 15 is 0 Å². The average Bonchev–Trinajstić information content (AvgIpc) is 2.74. The first-order valence-corrected chi connectivity index (χ1v) is 12.1. The van der Waals surface area contributed by atoms with E-state index in [1.165, 1.54) is 0 Å². The number of carboxylic acid groups (broad SMARTS) is 2. The molecule has 0 bridgehead atoms. The summed E-state index contributed by atoms with van der Waals surface area (Å²) in [4.78, 5) is 61.0. The topological polar surface area (TPSA) is 214 Å². The summed E-state index contributed by atoms with van der Waals surface area (Å²) in [6.07, 6.45) is 1.51. The maximum absolute atomic E-state index is 13.0. The summed E-state index contributed by atoms with van der Waals surface area (Å²) in [5, 5.41) is 25.9. The van der Waals surface area contributed by atoms with Gasteiger partial charge in [-0.1, -0.05) is 34.1 Å². The van der Waals surface area contributed by atoms with Crippen LogP contribution in [0.2, 0.25) is 0 Å². The Hall–Kier alpha value is -2.73. The van der Waals surface area contributed by atoms with Gasteiger partial charge in [-0.3, -0.25) is 19.2 Å². The molecule has 9 N–H and O–H groups in total. The molecule has 0 fully saturated rings. The molecule has 35 heavy (non-hydrogen) atoms. The minimum Gasteiger partial charge on any atom is -0.481 e. The van der Waals surface area contributed by atoms with E-state index < -0.39 is 60.2 Å². The van der Waals surface area contributed by atoms with E-state index in [0.717, 1.165) is 0 Å². The lowest BCUT2D eigenvalue weighted by Gasteiger charge is -2.26. The highest BCUT2D eigenvalue weighted by molar-refractivity contribution is 5.94. The number of aliphatic carboxylic acids is 2. The molecule has 3 amide bonds. The van der Waals surface area contributed by atoms with Crippen molar-refractivity contribution in [1.29, 1.82) is 0 Å². The van der Waals surface area contributed by atoms with Gasteiger partial charge in [-0.15, -0.1) is 0 Å². The van der Waals surface area contributed by atoms with Crippen LogP contribution in [0.4, 0.5) is 0 Å². The summed E-state index contributed by atoms with van der Waals surface area (Å²) in [6, 6.07) is -4.32. The molecule has 0 aromatic heterocycles. The fraction of sp³-hybridized carbons (Fsp3) is 0.783. The third-order valence-corrected chi connectivity index (χ3v) is 5.25. The van der Waals surface area contributed by atoms with Crippen molar-refractivity contribution in [3.8, 4) is 0 Å². The first-order valence-electron chi connectivity index (χ1n) is 12.1. The van der Waals surface area contributed by atoms with Gasteiger partial charge in [-0.2, -0.15) is 0 Å². The fourth-order valence-electron chi connectivity index (χ4n) is 3.40. The highest BCUT2D eigenvalue weighted by Gasteiger charge is 2.31. The van der Waals surface area contributed by atoms with Gasteiger partial charge in [0.25, 0.3) is 0 Å². The molecule has 4 atom stereocenters. The van der Waals surface area contributed by atoms with Crippen molar-refractivity contribution in [2.45, 2.75) is 96.8 Å². The minimum atomic E-state index is -1.29. The second-order valence-electron chi connectivity index (χ2n) is 9.60. The Balaban J connectivity index is 5.50. The highest BCUT2D eigenvalue weighted by Crippen LogP contribution is 2.10. The molecule has 0 aliphatic carbocycles. The zero-order valence-electron chi connectivity index (χ0n) is 21.2. The lowest BCUT2D eigenvalue weighted by atomic mass is 10.0. The van der Waals surface area contributed by atoms with Crippen molar-refractivity contribution < 1.29 is 34.2 Å². The zero-order valence-corrected chi connectivity index (χ0v) is 21.2. The molecule has 4 unspecified atom stereocenters. The summed E-state index contributed by atoms with van der Waals surface area (Å²) in [6.45, 7) is 7.78. The van der Waals surface area contributed by atoms with Gasteiger partial charge >= 0.3 is 11.9 Å². The van der Waals surface area contributed by atoms with E-state index in [4.69, 9.17) is 16.6 Å². The van der Waals surface area contributed by atoms with Crippen LogP contribution in [0, 0.1) is 11.8 Å². The monoisotopic (exact) mass is 501 g/mol. The van der Waals surface area contributed by atoms with E-state index in [9.17, 15) is 29.1 Å². The van der Waals surface area contributed by atoms with Crippen molar-refractivity contribution in [2.75, 3.05) is 6.54 Å². The first-order chi connectivity index (χ1) is 16.3. The van der Waals surface area contributed by atoms with Crippen molar-refractivity contribution in [1.82, 2.24) is 16.0 Å². The SMILES string of the molecule is CC(C)CC(NC(=O)C(CCC(=O)O)NC(=O)C(CC(C)C)NC(=O)C(N)CCCCN)C(=O)O. The summed E-state index contributed by atoms with van der Waals surface area (Å²) in [5.41, 5.74) is 11.4. The van der Waals surface area contributed by atoms with Gasteiger partial charge in [0, 0.05) is 6.42 Å². The molecule has 0 aromatic rings. The maximum Gasteiger partial charge on any atom is 0.326 e. The van der Waals surface area contributed by atoms with Gasteiger partial charge in [0.1, 0.15) is 18.1 Å². The van der Waals surface area contributed by atoms with Crippen LogP contribution in [0.1, 0.15) is 72.6 Å². The molecule has 0 radical (unpaired) electrons. The Bertz CT molecular complexity index is 714. The van der Waals surface area contributed by atoms with Crippen molar-refractivity contribution >= 4 is 29.7 Å². The molecule has 0 aliphatic heterocycles. The second kappa shape index (κ2) is 16.8. The number of carbonyl (C=O) groups is 5. The van der Waals surface area contributed by atoms with Crippen molar-refractivity contribution in [2.24, 2.45) is 23.3 Å². The van der Waals surface area contributed by atoms with Crippen LogP contribution in [0.15, 0.2) is 0 Å². The molecule has 0 heterocycles. The van der Waals surface area contributed by atoms with Gasteiger partial charge in [-0.05, 0) is 50.5 Å². The molecule has 0 aromatic carbocycles. The van der Waals surface area contributed by atoms with E-state index in [0.29, 0.717) is 25.8 Å². The third-order valence-electron chi connectivity index (χ3n) is 5.25. The number of nitrogens with one attached hydrogen (secondary N) is 3. The zero-order chi connectivity index (χ0) is 27.1. The number of carboxylic acids is 2. The number of rotatable bonds is 18. The molecular weight excluding hydrogens is 458 g/mol. The Morgan fingerprint density at radius 1 is 0.714 bits per heavy atom. The van der Waals surface area contributed by atoms with Gasteiger partial charge in [0.2, 0.25) is 17.7 Å².